The Morgan fingerprint density at radius 3 is 2.56 bits per heavy atom. The zero-order valence-corrected chi connectivity index (χ0v) is 14.8. The van der Waals surface area contributed by atoms with Crippen molar-refractivity contribution in [3.05, 3.63) is 59.8 Å². The summed E-state index contributed by atoms with van der Waals surface area (Å²) in [6.07, 6.45) is 2.48. The number of carbonyl (C=O) groups is 1. The normalized spacial score (nSPS) is 11.0. The number of hydrogen-bond acceptors (Lipinski definition) is 5. The Hall–Kier alpha value is -2.79. The molecule has 0 aliphatic carbocycles. The molecule has 3 rings (SSSR count). The van der Waals surface area contributed by atoms with E-state index in [4.69, 9.17) is 0 Å². The number of nitrogens with zero attached hydrogens (tertiary/aromatic N) is 3. The van der Waals surface area contributed by atoms with Crippen LogP contribution in [0.2, 0.25) is 0 Å². The van der Waals surface area contributed by atoms with Gasteiger partial charge in [0.2, 0.25) is 0 Å². The molecule has 1 aromatic carbocycles. The summed E-state index contributed by atoms with van der Waals surface area (Å²) in [5.74, 6) is 0.584. The van der Waals surface area contributed by atoms with Crippen molar-refractivity contribution in [2.75, 3.05) is 26.0 Å². The SMILES string of the molecule is CC(=O)c1c(Nc2ccccc2)nc2cccnc2c1CCN(C)C. The van der Waals surface area contributed by atoms with E-state index in [0.29, 0.717) is 11.4 Å². The van der Waals surface area contributed by atoms with Gasteiger partial charge in [0.1, 0.15) is 5.82 Å². The van der Waals surface area contributed by atoms with Crippen LogP contribution in [0.5, 0.6) is 0 Å². The van der Waals surface area contributed by atoms with Crippen LogP contribution < -0.4 is 5.32 Å². The van der Waals surface area contributed by atoms with E-state index in [2.05, 4.69) is 20.2 Å². The van der Waals surface area contributed by atoms with Gasteiger partial charge < -0.3 is 10.2 Å². The molecule has 5 heteroatoms. The molecule has 128 valence electrons. The number of fused-ring (bicyclic) bond motifs is 1. The fourth-order valence-electron chi connectivity index (χ4n) is 2.86. The Morgan fingerprint density at radius 2 is 1.88 bits per heavy atom. The number of benzene rings is 1. The van der Waals surface area contributed by atoms with Gasteiger partial charge >= 0.3 is 0 Å². The standard InChI is InChI=1S/C20H22N4O/c1-14(25)18-16(11-13-24(2)3)19-17(10-7-12-21-19)23-20(18)22-15-8-5-4-6-9-15/h4-10,12H,11,13H2,1-3H3,(H,22,23). The second-order valence-electron chi connectivity index (χ2n) is 6.29. The van der Waals surface area contributed by atoms with Gasteiger partial charge in [-0.25, -0.2) is 4.98 Å². The van der Waals surface area contributed by atoms with Crippen molar-refractivity contribution >= 4 is 28.3 Å². The van der Waals surface area contributed by atoms with Crippen molar-refractivity contribution in [1.29, 1.82) is 0 Å². The second-order valence-corrected chi connectivity index (χ2v) is 6.29. The van der Waals surface area contributed by atoms with E-state index in [1.165, 1.54) is 0 Å². The smallest absolute Gasteiger partial charge is 0.163 e. The maximum absolute atomic E-state index is 12.4. The summed E-state index contributed by atoms with van der Waals surface area (Å²) in [4.78, 5) is 23.7. The third kappa shape index (κ3) is 3.83. The number of para-hydroxylation sites is 1. The number of pyridine rings is 2. The third-order valence-electron chi connectivity index (χ3n) is 4.04. The van der Waals surface area contributed by atoms with Crippen LogP contribution in [0, 0.1) is 0 Å². The van der Waals surface area contributed by atoms with E-state index < -0.39 is 0 Å². The quantitative estimate of drug-likeness (QED) is 0.697. The highest BCUT2D eigenvalue weighted by atomic mass is 16.1. The number of carbonyl (C=O) groups excluding carboxylic acids is 1. The van der Waals surface area contributed by atoms with E-state index in [1.807, 2.05) is 56.6 Å². The van der Waals surface area contributed by atoms with Crippen LogP contribution in [0.1, 0.15) is 22.8 Å². The summed E-state index contributed by atoms with van der Waals surface area (Å²) in [5.41, 5.74) is 4.06. The van der Waals surface area contributed by atoms with Gasteiger partial charge in [0.25, 0.3) is 0 Å². The van der Waals surface area contributed by atoms with Crippen molar-refractivity contribution in [1.82, 2.24) is 14.9 Å². The van der Waals surface area contributed by atoms with Gasteiger partial charge in [-0.05, 0) is 57.3 Å². The van der Waals surface area contributed by atoms with Crippen molar-refractivity contribution in [2.45, 2.75) is 13.3 Å². The highest BCUT2D eigenvalue weighted by Crippen LogP contribution is 2.28. The lowest BCUT2D eigenvalue weighted by Crippen LogP contribution is -2.18. The Bertz CT molecular complexity index is 891. The average Bonchev–Trinajstić information content (AvgIpc) is 2.59. The fourth-order valence-corrected chi connectivity index (χ4v) is 2.86. The summed E-state index contributed by atoms with van der Waals surface area (Å²) in [7, 11) is 4.04. The topological polar surface area (TPSA) is 58.1 Å². The summed E-state index contributed by atoms with van der Waals surface area (Å²) in [5, 5.41) is 3.30. The maximum atomic E-state index is 12.4. The number of anilines is 2. The Balaban J connectivity index is 2.17. The summed E-state index contributed by atoms with van der Waals surface area (Å²) < 4.78 is 0. The molecule has 5 nitrogen and oxygen atoms in total. The number of aromatic nitrogens is 2. The first-order valence-corrected chi connectivity index (χ1v) is 8.31. The molecular formula is C20H22N4O. The molecule has 0 unspecified atom stereocenters. The summed E-state index contributed by atoms with van der Waals surface area (Å²) in [6.45, 7) is 2.42. The molecule has 0 saturated heterocycles. The van der Waals surface area contributed by atoms with E-state index in [1.54, 1.807) is 13.1 Å². The van der Waals surface area contributed by atoms with Crippen molar-refractivity contribution in [3.8, 4) is 0 Å². The number of likely N-dealkylation sites (N-methyl/N-ethyl adjacent to an activating group) is 1. The minimum Gasteiger partial charge on any atom is -0.340 e. The zero-order chi connectivity index (χ0) is 17.8. The fraction of sp³-hybridized carbons (Fsp3) is 0.250. The highest BCUT2D eigenvalue weighted by molar-refractivity contribution is 6.04. The number of Topliss-reactive ketones (excluding diaryl/α,β-unsaturated/α-hetero) is 1. The van der Waals surface area contributed by atoms with E-state index in [0.717, 1.165) is 35.2 Å². The van der Waals surface area contributed by atoms with Gasteiger partial charge in [-0.15, -0.1) is 0 Å². The molecule has 2 aromatic heterocycles. The predicted octanol–water partition coefficient (Wildman–Crippen LogP) is 3.68. The average molecular weight is 334 g/mol. The van der Waals surface area contributed by atoms with Crippen LogP contribution >= 0.6 is 0 Å². The summed E-state index contributed by atoms with van der Waals surface area (Å²) in [6, 6.07) is 13.6. The molecule has 0 radical (unpaired) electrons. The minimum atomic E-state index is -0.00718. The van der Waals surface area contributed by atoms with Crippen LogP contribution in [0.4, 0.5) is 11.5 Å². The molecule has 0 aliphatic heterocycles. The molecule has 0 saturated carbocycles. The van der Waals surface area contributed by atoms with Crippen molar-refractivity contribution in [2.24, 2.45) is 0 Å². The molecule has 2 heterocycles. The number of hydrogen-bond donors (Lipinski definition) is 1. The lowest BCUT2D eigenvalue weighted by Gasteiger charge is -2.17. The monoisotopic (exact) mass is 334 g/mol. The van der Waals surface area contributed by atoms with Crippen LogP contribution in [0.15, 0.2) is 48.7 Å². The molecule has 0 bridgehead atoms. The Labute approximate surface area is 147 Å². The molecule has 25 heavy (non-hydrogen) atoms. The maximum Gasteiger partial charge on any atom is 0.163 e. The number of rotatable bonds is 6. The van der Waals surface area contributed by atoms with Crippen molar-refractivity contribution < 1.29 is 4.79 Å². The van der Waals surface area contributed by atoms with E-state index in [-0.39, 0.29) is 5.78 Å². The van der Waals surface area contributed by atoms with Gasteiger partial charge in [-0.2, -0.15) is 0 Å². The third-order valence-corrected chi connectivity index (χ3v) is 4.04. The lowest BCUT2D eigenvalue weighted by atomic mass is 10.00. The molecule has 1 N–H and O–H groups in total. The highest BCUT2D eigenvalue weighted by Gasteiger charge is 2.19. The van der Waals surface area contributed by atoms with Crippen LogP contribution in [0.3, 0.4) is 0 Å². The van der Waals surface area contributed by atoms with E-state index >= 15 is 0 Å². The van der Waals surface area contributed by atoms with E-state index in [9.17, 15) is 4.79 Å². The predicted molar refractivity (Wildman–Crippen MR) is 102 cm³/mol. The molecule has 0 aliphatic rings. The largest absolute Gasteiger partial charge is 0.340 e. The van der Waals surface area contributed by atoms with Gasteiger partial charge in [-0.3, -0.25) is 9.78 Å². The minimum absolute atomic E-state index is 0.00718. The number of ketones is 1. The van der Waals surface area contributed by atoms with Gasteiger partial charge in [0, 0.05) is 18.4 Å². The molecular weight excluding hydrogens is 312 g/mol. The first-order valence-electron chi connectivity index (χ1n) is 8.31. The Kier molecular flexibility index (Phi) is 5.05. The molecule has 3 aromatic rings. The van der Waals surface area contributed by atoms with Crippen LogP contribution in [-0.2, 0) is 6.42 Å². The Morgan fingerprint density at radius 1 is 1.12 bits per heavy atom. The zero-order valence-electron chi connectivity index (χ0n) is 14.8. The van der Waals surface area contributed by atoms with Crippen molar-refractivity contribution in [3.63, 3.8) is 0 Å². The molecule has 0 atom stereocenters. The first-order chi connectivity index (χ1) is 12.1. The van der Waals surface area contributed by atoms with Gasteiger partial charge in [0.15, 0.2) is 5.78 Å². The second kappa shape index (κ2) is 7.40. The van der Waals surface area contributed by atoms with Gasteiger partial charge in [-0.1, -0.05) is 18.2 Å². The first kappa shape index (κ1) is 17.0. The lowest BCUT2D eigenvalue weighted by molar-refractivity contribution is 0.101. The van der Waals surface area contributed by atoms with Crippen LogP contribution in [0.25, 0.3) is 11.0 Å². The van der Waals surface area contributed by atoms with Crippen LogP contribution in [-0.4, -0.2) is 41.3 Å². The molecule has 0 spiro atoms. The summed E-state index contributed by atoms with van der Waals surface area (Å²) >= 11 is 0. The molecule has 0 fully saturated rings. The molecule has 0 amide bonds. The van der Waals surface area contributed by atoms with Gasteiger partial charge in [0.05, 0.1) is 16.6 Å². The number of nitrogens with one attached hydrogen (secondary N) is 1.